The molecule has 0 atom stereocenters. The van der Waals surface area contributed by atoms with E-state index in [4.69, 9.17) is 10.4 Å². The predicted molar refractivity (Wildman–Crippen MR) is 48.6 cm³/mol. The Balaban J connectivity index is 4.71. The van der Waals surface area contributed by atoms with E-state index < -0.39 is 5.91 Å². The summed E-state index contributed by atoms with van der Waals surface area (Å²) in [7, 11) is 0. The Morgan fingerprint density at radius 1 is 1.07 bits per heavy atom. The van der Waals surface area contributed by atoms with Crippen LogP contribution in [-0.2, 0) is 4.79 Å². The van der Waals surface area contributed by atoms with Crippen molar-refractivity contribution in [3.8, 4) is 0 Å². The van der Waals surface area contributed by atoms with Crippen LogP contribution in [0.25, 0.3) is 0 Å². The van der Waals surface area contributed by atoms with Crippen molar-refractivity contribution in [2.24, 2.45) is 10.2 Å². The second-order valence-electron chi connectivity index (χ2n) is 2.40. The molecule has 0 rings (SSSR count). The number of amidine groups is 2. The Kier molecular flexibility index (Phi) is 5.19. The highest BCUT2D eigenvalue weighted by Gasteiger charge is 2.06. The van der Waals surface area contributed by atoms with Gasteiger partial charge in [0.15, 0.2) is 0 Å². The number of hydrogen-bond donors (Lipinski definition) is 4. The summed E-state index contributed by atoms with van der Waals surface area (Å²) in [6, 6.07) is 0. The molecule has 0 aromatic heterocycles. The van der Waals surface area contributed by atoms with E-state index in [9.17, 15) is 4.79 Å². The van der Waals surface area contributed by atoms with Crippen LogP contribution in [0.15, 0.2) is 10.2 Å². The highest BCUT2D eigenvalue weighted by molar-refractivity contribution is 5.83. The van der Waals surface area contributed by atoms with Crippen LogP contribution < -0.4 is 11.0 Å². The fourth-order valence-electron chi connectivity index (χ4n) is 0.492. The highest BCUT2D eigenvalue weighted by atomic mass is 16.5. The Morgan fingerprint density at radius 2 is 1.43 bits per heavy atom. The maximum atomic E-state index is 10.9. The molecule has 0 heterocycles. The minimum Gasteiger partial charge on any atom is -0.290 e. The van der Waals surface area contributed by atoms with Crippen LogP contribution in [0.2, 0.25) is 0 Å². The van der Waals surface area contributed by atoms with Gasteiger partial charge in [0.1, 0.15) is 11.7 Å². The fourth-order valence-corrected chi connectivity index (χ4v) is 0.492. The average molecular weight is 203 g/mol. The molecule has 0 aliphatic carbocycles. The van der Waals surface area contributed by atoms with Crippen LogP contribution in [-0.4, -0.2) is 33.1 Å². The molecular formula is C6H13N5O3. The Hall–Kier alpha value is -1.67. The molecule has 8 nitrogen and oxygen atoms in total. The maximum Gasteiger partial charge on any atom is 0.261 e. The largest absolute Gasteiger partial charge is 0.290 e. The molecule has 0 unspecified atom stereocenters. The molecule has 0 aliphatic heterocycles. The quantitative estimate of drug-likeness (QED) is 0.274. The van der Waals surface area contributed by atoms with Crippen LogP contribution in [0.1, 0.15) is 20.8 Å². The molecule has 0 fully saturated rings. The number of hydrogen-bond acceptors (Lipinski definition) is 5. The van der Waals surface area contributed by atoms with Gasteiger partial charge in [0.25, 0.3) is 5.91 Å². The first kappa shape index (κ1) is 12.3. The minimum atomic E-state index is -0.464. The smallest absolute Gasteiger partial charge is 0.261 e. The van der Waals surface area contributed by atoms with Gasteiger partial charge in [0.05, 0.1) is 0 Å². The summed E-state index contributed by atoms with van der Waals surface area (Å²) in [5.41, 5.74) is 3.49. The van der Waals surface area contributed by atoms with E-state index in [1.165, 1.54) is 20.8 Å². The third-order valence-electron chi connectivity index (χ3n) is 1.09. The number of rotatable bonds is 2. The zero-order chi connectivity index (χ0) is 11.1. The van der Waals surface area contributed by atoms with Gasteiger partial charge in [-0.05, 0) is 13.8 Å². The molecule has 14 heavy (non-hydrogen) atoms. The van der Waals surface area contributed by atoms with Gasteiger partial charge < -0.3 is 0 Å². The lowest BCUT2D eigenvalue weighted by Gasteiger charge is -2.10. The van der Waals surface area contributed by atoms with Crippen molar-refractivity contribution in [1.29, 1.82) is 0 Å². The van der Waals surface area contributed by atoms with Crippen LogP contribution in [0.4, 0.5) is 0 Å². The van der Waals surface area contributed by atoms with E-state index in [0.29, 0.717) is 0 Å². The SMILES string of the molecule is CC(=O)N(N=C(C)NO)N=C(C)NO. The van der Waals surface area contributed by atoms with Crippen molar-refractivity contribution in [2.75, 3.05) is 0 Å². The molecule has 4 N–H and O–H groups in total. The summed E-state index contributed by atoms with van der Waals surface area (Å²) in [4.78, 5) is 10.9. The molecule has 0 bridgehead atoms. The fraction of sp³-hybridized carbons (Fsp3) is 0.500. The summed E-state index contributed by atoms with van der Waals surface area (Å²) in [5, 5.41) is 24.7. The molecule has 80 valence electrons. The first-order valence-corrected chi connectivity index (χ1v) is 3.72. The summed E-state index contributed by atoms with van der Waals surface area (Å²) in [6.45, 7) is 4.11. The van der Waals surface area contributed by atoms with Crippen LogP contribution in [0.3, 0.4) is 0 Å². The van der Waals surface area contributed by atoms with Crippen molar-refractivity contribution < 1.29 is 15.2 Å². The Bertz CT molecular complexity index is 242. The second kappa shape index (κ2) is 5.89. The van der Waals surface area contributed by atoms with Gasteiger partial charge in [-0.2, -0.15) is 0 Å². The number of nitrogens with one attached hydrogen (secondary N) is 2. The predicted octanol–water partition coefficient (Wildman–Crippen LogP) is -0.541. The molecule has 8 heteroatoms. The third-order valence-corrected chi connectivity index (χ3v) is 1.09. The first-order chi connectivity index (χ1) is 6.51. The van der Waals surface area contributed by atoms with Gasteiger partial charge >= 0.3 is 0 Å². The van der Waals surface area contributed by atoms with Crippen LogP contribution in [0.5, 0.6) is 0 Å². The zero-order valence-corrected chi connectivity index (χ0v) is 8.14. The van der Waals surface area contributed by atoms with Gasteiger partial charge in [-0.3, -0.25) is 26.2 Å². The number of carbonyl (C=O) groups is 1. The van der Waals surface area contributed by atoms with Gasteiger partial charge in [0, 0.05) is 6.92 Å². The normalized spacial score (nSPS) is 12.4. The second-order valence-corrected chi connectivity index (χ2v) is 2.40. The number of hydrazone groups is 2. The Morgan fingerprint density at radius 3 is 1.64 bits per heavy atom. The lowest BCUT2D eigenvalue weighted by molar-refractivity contribution is -0.129. The summed E-state index contributed by atoms with van der Waals surface area (Å²) in [5.74, 6) is -0.279. The molecule has 0 aromatic carbocycles. The van der Waals surface area contributed by atoms with E-state index in [1.54, 1.807) is 11.0 Å². The van der Waals surface area contributed by atoms with E-state index in [-0.39, 0.29) is 11.7 Å². The lowest BCUT2D eigenvalue weighted by Crippen LogP contribution is -2.27. The number of carbonyl (C=O) groups excluding carboxylic acids is 1. The van der Waals surface area contributed by atoms with Gasteiger partial charge in [-0.1, -0.05) is 0 Å². The minimum absolute atomic E-state index is 0.0923. The monoisotopic (exact) mass is 203 g/mol. The molecule has 0 spiro atoms. The van der Waals surface area contributed by atoms with Gasteiger partial charge in [0.2, 0.25) is 0 Å². The Labute approximate surface area is 80.8 Å². The number of amides is 1. The number of nitrogens with zero attached hydrogens (tertiary/aromatic N) is 3. The van der Waals surface area contributed by atoms with Gasteiger partial charge in [-0.15, -0.1) is 15.3 Å². The van der Waals surface area contributed by atoms with Crippen molar-refractivity contribution in [3.63, 3.8) is 0 Å². The average Bonchev–Trinajstić information content (AvgIpc) is 2.16. The van der Waals surface area contributed by atoms with Crippen molar-refractivity contribution in [3.05, 3.63) is 0 Å². The molecule has 0 aliphatic rings. The topological polar surface area (TPSA) is 110 Å². The van der Waals surface area contributed by atoms with Crippen molar-refractivity contribution in [2.45, 2.75) is 20.8 Å². The first-order valence-electron chi connectivity index (χ1n) is 3.72. The maximum absolute atomic E-state index is 10.9. The zero-order valence-electron chi connectivity index (χ0n) is 8.14. The van der Waals surface area contributed by atoms with E-state index in [1.807, 2.05) is 0 Å². The molecule has 0 saturated carbocycles. The molecular weight excluding hydrogens is 190 g/mol. The van der Waals surface area contributed by atoms with E-state index in [0.717, 1.165) is 5.12 Å². The van der Waals surface area contributed by atoms with Crippen molar-refractivity contribution in [1.82, 2.24) is 16.1 Å². The molecule has 0 radical (unpaired) electrons. The van der Waals surface area contributed by atoms with Crippen LogP contribution >= 0.6 is 0 Å². The summed E-state index contributed by atoms with van der Waals surface area (Å²) < 4.78 is 0. The van der Waals surface area contributed by atoms with E-state index in [2.05, 4.69) is 10.2 Å². The molecule has 0 aromatic rings. The lowest BCUT2D eigenvalue weighted by atomic mass is 10.7. The molecule has 0 saturated heterocycles. The standard InChI is InChI=1S/C6H13N5O3/c1-4(9-13)7-11(6(3)12)8-5(2)10-14/h13-14H,1-3H3,(H,7,9)(H,8,10). The van der Waals surface area contributed by atoms with Gasteiger partial charge in [-0.25, -0.2) is 0 Å². The van der Waals surface area contributed by atoms with E-state index >= 15 is 0 Å². The van der Waals surface area contributed by atoms with Crippen molar-refractivity contribution >= 4 is 17.6 Å². The summed E-state index contributed by atoms with van der Waals surface area (Å²) >= 11 is 0. The van der Waals surface area contributed by atoms with Crippen LogP contribution in [0, 0.1) is 0 Å². The molecule has 1 amide bonds. The highest BCUT2D eigenvalue weighted by Crippen LogP contribution is 1.93. The summed E-state index contributed by atoms with van der Waals surface area (Å²) in [6.07, 6.45) is 0. The third kappa shape index (κ3) is 4.38. The number of hydroxylamine groups is 2.